The van der Waals surface area contributed by atoms with Crippen LogP contribution in [0.15, 0.2) is 0 Å². The zero-order valence-electron chi connectivity index (χ0n) is 17.0. The van der Waals surface area contributed by atoms with E-state index in [1.807, 2.05) is 0 Å². The van der Waals surface area contributed by atoms with Crippen LogP contribution in [0.25, 0.3) is 0 Å². The third-order valence-electron chi connectivity index (χ3n) is 5.00. The van der Waals surface area contributed by atoms with Crippen molar-refractivity contribution in [2.45, 2.75) is 102 Å². The minimum atomic E-state index is -1.40. The molecule has 1 saturated heterocycles. The summed E-state index contributed by atoms with van der Waals surface area (Å²) in [6.45, 7) is 1.46. The molecule has 1 unspecified atom stereocenters. The van der Waals surface area contributed by atoms with Crippen LogP contribution < -0.4 is 0 Å². The van der Waals surface area contributed by atoms with E-state index in [1.165, 1.54) is 44.9 Å². The zero-order chi connectivity index (χ0) is 20.8. The van der Waals surface area contributed by atoms with Gasteiger partial charge in [-0.25, -0.2) is 4.79 Å². The Hall–Kier alpha value is -0.770. The van der Waals surface area contributed by atoms with E-state index in [0.717, 1.165) is 19.3 Å². The molecule has 8 nitrogen and oxygen atoms in total. The van der Waals surface area contributed by atoms with Crippen molar-refractivity contribution in [2.75, 3.05) is 19.8 Å². The van der Waals surface area contributed by atoms with Crippen LogP contribution in [0.1, 0.15) is 71.1 Å². The van der Waals surface area contributed by atoms with E-state index in [-0.39, 0.29) is 0 Å². The number of aliphatic hydroxyl groups is 3. The van der Waals surface area contributed by atoms with Gasteiger partial charge in [-0.3, -0.25) is 0 Å². The van der Waals surface area contributed by atoms with Gasteiger partial charge >= 0.3 is 5.97 Å². The maximum absolute atomic E-state index is 10.6. The molecule has 0 bridgehead atoms. The van der Waals surface area contributed by atoms with Crippen LogP contribution in [0.3, 0.4) is 0 Å². The average Bonchev–Trinajstić information content (AvgIpc) is 2.68. The summed E-state index contributed by atoms with van der Waals surface area (Å²) in [4.78, 5) is 10.6. The van der Waals surface area contributed by atoms with E-state index < -0.39 is 49.9 Å². The molecule has 0 radical (unpaired) electrons. The molecule has 1 heterocycles. The van der Waals surface area contributed by atoms with Crippen molar-refractivity contribution in [1.29, 1.82) is 0 Å². The summed E-state index contributed by atoms with van der Waals surface area (Å²) in [7, 11) is 0. The van der Waals surface area contributed by atoms with Crippen LogP contribution in [0, 0.1) is 0 Å². The molecule has 1 rings (SSSR count). The Balaban J connectivity index is 2.18. The lowest BCUT2D eigenvalue weighted by atomic mass is 9.99. The Bertz CT molecular complexity index is 404. The molecule has 4 N–H and O–H groups in total. The Morgan fingerprint density at radius 2 is 1.46 bits per heavy atom. The Morgan fingerprint density at radius 1 is 0.893 bits per heavy atom. The zero-order valence-corrected chi connectivity index (χ0v) is 17.0. The molecule has 0 saturated carbocycles. The van der Waals surface area contributed by atoms with Gasteiger partial charge in [-0.2, -0.15) is 0 Å². The molecule has 0 aromatic rings. The second-order valence-corrected chi connectivity index (χ2v) is 7.43. The molecular weight excluding hydrogens is 368 g/mol. The number of ether oxygens (including phenoxy) is 3. The summed E-state index contributed by atoms with van der Waals surface area (Å²) in [5.74, 6) is -1.21. The van der Waals surface area contributed by atoms with Crippen LogP contribution in [0.2, 0.25) is 0 Å². The fraction of sp³-hybridized carbons (Fsp3) is 0.950. The number of carbonyl (C=O) groups is 1. The molecule has 28 heavy (non-hydrogen) atoms. The molecule has 166 valence electrons. The van der Waals surface area contributed by atoms with E-state index in [9.17, 15) is 20.1 Å². The lowest BCUT2D eigenvalue weighted by Gasteiger charge is -2.41. The maximum atomic E-state index is 10.6. The fourth-order valence-corrected chi connectivity index (χ4v) is 3.35. The second kappa shape index (κ2) is 15.1. The van der Waals surface area contributed by atoms with E-state index in [4.69, 9.17) is 19.3 Å². The first-order chi connectivity index (χ1) is 13.5. The predicted molar refractivity (Wildman–Crippen MR) is 103 cm³/mol. The maximum Gasteiger partial charge on any atom is 0.329 e. The van der Waals surface area contributed by atoms with Crippen molar-refractivity contribution < 1.29 is 39.4 Å². The third-order valence-corrected chi connectivity index (χ3v) is 5.00. The van der Waals surface area contributed by atoms with Gasteiger partial charge in [0.25, 0.3) is 0 Å². The lowest BCUT2D eigenvalue weighted by molar-refractivity contribution is -0.307. The van der Waals surface area contributed by atoms with Crippen molar-refractivity contribution in [3.8, 4) is 0 Å². The summed E-state index contributed by atoms with van der Waals surface area (Å²) < 4.78 is 16.0. The number of rotatable bonds is 16. The topological polar surface area (TPSA) is 126 Å². The van der Waals surface area contributed by atoms with Crippen LogP contribution in [0.4, 0.5) is 0 Å². The van der Waals surface area contributed by atoms with Crippen molar-refractivity contribution in [2.24, 2.45) is 0 Å². The van der Waals surface area contributed by atoms with Crippen molar-refractivity contribution in [3.05, 3.63) is 0 Å². The van der Waals surface area contributed by atoms with E-state index in [1.54, 1.807) is 0 Å². The minimum Gasteiger partial charge on any atom is -0.480 e. The van der Waals surface area contributed by atoms with Crippen LogP contribution in [-0.4, -0.2) is 76.9 Å². The highest BCUT2D eigenvalue weighted by molar-refractivity contribution is 5.68. The van der Waals surface area contributed by atoms with Crippen LogP contribution in [0.5, 0.6) is 0 Å². The number of carboxylic acids is 1. The Labute approximate surface area is 167 Å². The molecule has 8 heteroatoms. The fourth-order valence-electron chi connectivity index (χ4n) is 3.35. The normalized spacial score (nSPS) is 27.8. The summed E-state index contributed by atoms with van der Waals surface area (Å²) in [6, 6.07) is 0. The van der Waals surface area contributed by atoms with E-state index in [0.29, 0.717) is 6.61 Å². The monoisotopic (exact) mass is 406 g/mol. The van der Waals surface area contributed by atoms with Crippen LogP contribution >= 0.6 is 0 Å². The van der Waals surface area contributed by atoms with Crippen molar-refractivity contribution >= 4 is 5.97 Å². The number of hydrogen-bond acceptors (Lipinski definition) is 7. The smallest absolute Gasteiger partial charge is 0.329 e. The van der Waals surface area contributed by atoms with Gasteiger partial charge in [0.2, 0.25) is 0 Å². The number of hydrogen-bond donors (Lipinski definition) is 4. The number of unbranched alkanes of at least 4 members (excludes halogenated alkanes) is 9. The largest absolute Gasteiger partial charge is 0.480 e. The highest BCUT2D eigenvalue weighted by Gasteiger charge is 2.45. The molecule has 1 aliphatic heterocycles. The van der Waals surface area contributed by atoms with Crippen molar-refractivity contribution in [3.63, 3.8) is 0 Å². The lowest BCUT2D eigenvalue weighted by Crippen LogP contribution is -2.60. The Morgan fingerprint density at radius 3 is 2.00 bits per heavy atom. The first-order valence-electron chi connectivity index (χ1n) is 10.6. The van der Waals surface area contributed by atoms with Crippen molar-refractivity contribution in [1.82, 2.24) is 0 Å². The van der Waals surface area contributed by atoms with Gasteiger partial charge in [-0.05, 0) is 6.42 Å². The SMILES string of the molecule is CCCCCCCCCCCCOC1O[C@H](CO)[C@@H](OCC(=O)O)[C@H](O)[C@H]1O. The first-order valence-corrected chi connectivity index (χ1v) is 10.6. The molecule has 5 atom stereocenters. The molecule has 0 aromatic heterocycles. The molecule has 1 fully saturated rings. The predicted octanol–water partition coefficient (Wildman–Crippen LogP) is 1.83. The summed E-state index contributed by atoms with van der Waals surface area (Å²) in [5, 5.41) is 38.4. The van der Waals surface area contributed by atoms with Gasteiger partial charge in [0.1, 0.15) is 31.0 Å². The Kier molecular flexibility index (Phi) is 13.6. The number of aliphatic carboxylic acids is 1. The second-order valence-electron chi connectivity index (χ2n) is 7.43. The molecule has 0 amide bonds. The molecule has 0 spiro atoms. The average molecular weight is 407 g/mol. The summed E-state index contributed by atoms with van der Waals surface area (Å²) >= 11 is 0. The van der Waals surface area contributed by atoms with Gasteiger partial charge in [0.05, 0.1) is 6.61 Å². The number of carboxylic acid groups (broad SMARTS) is 1. The van der Waals surface area contributed by atoms with E-state index in [2.05, 4.69) is 6.92 Å². The number of aliphatic hydroxyl groups excluding tert-OH is 3. The quantitative estimate of drug-likeness (QED) is 0.286. The molecule has 1 aliphatic rings. The summed E-state index contributed by atoms with van der Waals surface area (Å²) in [5.41, 5.74) is 0. The highest BCUT2D eigenvalue weighted by atomic mass is 16.7. The van der Waals surface area contributed by atoms with Gasteiger partial charge in [0.15, 0.2) is 6.29 Å². The third kappa shape index (κ3) is 9.62. The minimum absolute atomic E-state index is 0.379. The van der Waals surface area contributed by atoms with Gasteiger partial charge < -0.3 is 34.6 Å². The first kappa shape index (κ1) is 25.3. The van der Waals surface area contributed by atoms with Gasteiger partial charge in [-0.1, -0.05) is 64.7 Å². The standard InChI is InChI=1S/C20H38O8/c1-2-3-4-5-6-7-8-9-10-11-12-26-20-18(25)17(24)19(15(13-21)28-20)27-14-16(22)23/h15,17-21,24-25H,2-14H2,1H3,(H,22,23)/t15-,17-,18-,19-,20?/m1/s1. The van der Waals surface area contributed by atoms with Gasteiger partial charge in [-0.15, -0.1) is 0 Å². The summed E-state index contributed by atoms with van der Waals surface area (Å²) in [6.07, 6.45) is 6.05. The van der Waals surface area contributed by atoms with E-state index >= 15 is 0 Å². The molecule has 0 aliphatic carbocycles. The highest BCUT2D eigenvalue weighted by Crippen LogP contribution is 2.24. The van der Waals surface area contributed by atoms with Gasteiger partial charge in [0, 0.05) is 6.61 Å². The van der Waals surface area contributed by atoms with Crippen LogP contribution in [-0.2, 0) is 19.0 Å². The molecular formula is C20H38O8. The molecule has 0 aromatic carbocycles.